The van der Waals surface area contributed by atoms with Gasteiger partial charge in [-0.2, -0.15) is 0 Å². The molecule has 2 aromatic rings. The molecular weight excluding hydrogens is 318 g/mol. The van der Waals surface area contributed by atoms with Crippen molar-refractivity contribution in [1.29, 1.82) is 0 Å². The normalized spacial score (nSPS) is 14.0. The molecule has 5 nitrogen and oxygen atoms in total. The molecule has 2 atom stereocenters. The first-order chi connectivity index (χ1) is 11.7. The smallest absolute Gasteiger partial charge is 0.410 e. The molecule has 0 bridgehead atoms. The van der Waals surface area contributed by atoms with Gasteiger partial charge in [0.2, 0.25) is 0 Å². The van der Waals surface area contributed by atoms with Gasteiger partial charge in [0.05, 0.1) is 6.04 Å². The Balaban J connectivity index is 2.24. The molecule has 0 spiro atoms. The number of carbonyl (C=O) groups excluding carboxylic acids is 1. The number of furan rings is 1. The molecule has 1 aromatic carbocycles. The standard InChI is InChI=1S/C20H27NO4/c1-14-11-12-17(24-14)18(22)15(2)21(19(23)25-20(3,4)5)13-16-9-7-6-8-10-16/h6-12,15,18,22H,13H2,1-5H3/t15-,18-/m0/s1. The van der Waals surface area contributed by atoms with Crippen LogP contribution in [0.1, 0.15) is 50.9 Å². The minimum atomic E-state index is -0.940. The first-order valence-corrected chi connectivity index (χ1v) is 8.45. The number of nitrogens with zero attached hydrogens (tertiary/aromatic N) is 1. The summed E-state index contributed by atoms with van der Waals surface area (Å²) in [5, 5.41) is 10.7. The quantitative estimate of drug-likeness (QED) is 0.870. The summed E-state index contributed by atoms with van der Waals surface area (Å²) >= 11 is 0. The van der Waals surface area contributed by atoms with Crippen LogP contribution in [-0.2, 0) is 11.3 Å². The first kappa shape index (κ1) is 19.1. The van der Waals surface area contributed by atoms with Crippen LogP contribution in [0.15, 0.2) is 46.9 Å². The van der Waals surface area contributed by atoms with E-state index in [1.54, 1.807) is 19.1 Å². The van der Waals surface area contributed by atoms with Gasteiger partial charge in [0, 0.05) is 6.54 Å². The fourth-order valence-electron chi connectivity index (χ4n) is 2.50. The summed E-state index contributed by atoms with van der Waals surface area (Å²) in [6.07, 6.45) is -1.41. The van der Waals surface area contributed by atoms with Gasteiger partial charge in [0.1, 0.15) is 23.2 Å². The summed E-state index contributed by atoms with van der Waals surface area (Å²) in [7, 11) is 0. The largest absolute Gasteiger partial charge is 0.464 e. The van der Waals surface area contributed by atoms with E-state index in [4.69, 9.17) is 9.15 Å². The zero-order valence-electron chi connectivity index (χ0n) is 15.5. The molecule has 1 N–H and O–H groups in total. The molecule has 0 saturated carbocycles. The van der Waals surface area contributed by atoms with Gasteiger partial charge in [0.15, 0.2) is 0 Å². The van der Waals surface area contributed by atoms with Gasteiger partial charge in [-0.05, 0) is 52.3 Å². The predicted octanol–water partition coefficient (Wildman–Crippen LogP) is 4.45. The zero-order chi connectivity index (χ0) is 18.6. The van der Waals surface area contributed by atoms with E-state index in [1.165, 1.54) is 4.90 Å². The maximum absolute atomic E-state index is 12.7. The van der Waals surface area contributed by atoms with Crippen molar-refractivity contribution in [3.8, 4) is 0 Å². The number of hydrogen-bond donors (Lipinski definition) is 1. The summed E-state index contributed by atoms with van der Waals surface area (Å²) in [5.41, 5.74) is 0.348. The van der Waals surface area contributed by atoms with Gasteiger partial charge in [-0.3, -0.25) is 4.90 Å². The van der Waals surface area contributed by atoms with Crippen molar-refractivity contribution in [3.05, 3.63) is 59.5 Å². The van der Waals surface area contributed by atoms with Crippen LogP contribution in [-0.4, -0.2) is 27.7 Å². The van der Waals surface area contributed by atoms with Crippen LogP contribution in [0.4, 0.5) is 4.79 Å². The molecule has 2 rings (SSSR count). The Labute approximate surface area is 149 Å². The number of benzene rings is 1. The van der Waals surface area contributed by atoms with Crippen LogP contribution < -0.4 is 0 Å². The van der Waals surface area contributed by atoms with Crippen LogP contribution in [0.3, 0.4) is 0 Å². The van der Waals surface area contributed by atoms with Gasteiger partial charge >= 0.3 is 6.09 Å². The lowest BCUT2D eigenvalue weighted by Crippen LogP contribution is -2.44. The third-order valence-corrected chi connectivity index (χ3v) is 3.82. The average molecular weight is 345 g/mol. The maximum atomic E-state index is 12.7. The molecular formula is C20H27NO4. The molecule has 0 radical (unpaired) electrons. The minimum absolute atomic E-state index is 0.341. The monoisotopic (exact) mass is 345 g/mol. The van der Waals surface area contributed by atoms with E-state index in [0.29, 0.717) is 18.1 Å². The van der Waals surface area contributed by atoms with E-state index in [-0.39, 0.29) is 0 Å². The Bertz CT molecular complexity index is 687. The number of aliphatic hydroxyl groups excluding tert-OH is 1. The molecule has 1 amide bonds. The van der Waals surface area contributed by atoms with E-state index in [1.807, 2.05) is 58.0 Å². The minimum Gasteiger partial charge on any atom is -0.464 e. The van der Waals surface area contributed by atoms with Crippen LogP contribution in [0, 0.1) is 6.92 Å². The highest BCUT2D eigenvalue weighted by Gasteiger charge is 2.32. The molecule has 136 valence electrons. The highest BCUT2D eigenvalue weighted by atomic mass is 16.6. The summed E-state index contributed by atoms with van der Waals surface area (Å²) in [5.74, 6) is 1.15. The van der Waals surface area contributed by atoms with Crippen molar-refractivity contribution < 1.29 is 19.1 Å². The van der Waals surface area contributed by atoms with E-state index in [0.717, 1.165) is 5.56 Å². The summed E-state index contributed by atoms with van der Waals surface area (Å²) in [6, 6.07) is 12.6. The van der Waals surface area contributed by atoms with Crippen molar-refractivity contribution in [1.82, 2.24) is 4.90 Å². The van der Waals surface area contributed by atoms with Crippen molar-refractivity contribution in [3.63, 3.8) is 0 Å². The van der Waals surface area contributed by atoms with Gasteiger partial charge in [-0.15, -0.1) is 0 Å². The molecule has 25 heavy (non-hydrogen) atoms. The summed E-state index contributed by atoms with van der Waals surface area (Å²) in [4.78, 5) is 14.2. The third kappa shape index (κ3) is 5.36. The second kappa shape index (κ2) is 7.74. The molecule has 0 aliphatic heterocycles. The van der Waals surface area contributed by atoms with E-state index >= 15 is 0 Å². The lowest BCUT2D eigenvalue weighted by molar-refractivity contribution is -0.00930. The highest BCUT2D eigenvalue weighted by Crippen LogP contribution is 2.25. The Kier molecular flexibility index (Phi) is 5.90. The third-order valence-electron chi connectivity index (χ3n) is 3.82. The molecule has 0 saturated heterocycles. The first-order valence-electron chi connectivity index (χ1n) is 8.45. The summed E-state index contributed by atoms with van der Waals surface area (Å²) in [6.45, 7) is 9.41. The SMILES string of the molecule is Cc1ccc([C@@H](O)[C@H](C)N(Cc2ccccc2)C(=O)OC(C)(C)C)o1. The predicted molar refractivity (Wildman–Crippen MR) is 96.1 cm³/mol. The second-order valence-corrected chi connectivity index (χ2v) is 7.23. The number of amides is 1. The zero-order valence-corrected chi connectivity index (χ0v) is 15.5. The number of aryl methyl sites for hydroxylation is 1. The average Bonchev–Trinajstić information content (AvgIpc) is 2.97. The lowest BCUT2D eigenvalue weighted by atomic mass is 10.1. The molecule has 0 fully saturated rings. The lowest BCUT2D eigenvalue weighted by Gasteiger charge is -2.33. The Morgan fingerprint density at radius 1 is 1.20 bits per heavy atom. The van der Waals surface area contributed by atoms with Crippen molar-refractivity contribution in [2.75, 3.05) is 0 Å². The summed E-state index contributed by atoms with van der Waals surface area (Å²) < 4.78 is 11.0. The second-order valence-electron chi connectivity index (χ2n) is 7.23. The number of carbonyl (C=O) groups is 1. The van der Waals surface area contributed by atoms with Gasteiger partial charge in [-0.1, -0.05) is 30.3 Å². The molecule has 0 unspecified atom stereocenters. The van der Waals surface area contributed by atoms with E-state index < -0.39 is 23.8 Å². The van der Waals surface area contributed by atoms with Crippen molar-refractivity contribution >= 4 is 6.09 Å². The van der Waals surface area contributed by atoms with E-state index in [2.05, 4.69) is 0 Å². The fourth-order valence-corrected chi connectivity index (χ4v) is 2.50. The Hall–Kier alpha value is -2.27. The number of aliphatic hydroxyl groups is 1. The van der Waals surface area contributed by atoms with Crippen LogP contribution >= 0.6 is 0 Å². The van der Waals surface area contributed by atoms with Gasteiger partial charge < -0.3 is 14.3 Å². The molecule has 1 heterocycles. The Morgan fingerprint density at radius 2 is 1.84 bits per heavy atom. The number of ether oxygens (including phenoxy) is 1. The highest BCUT2D eigenvalue weighted by molar-refractivity contribution is 5.68. The van der Waals surface area contributed by atoms with Gasteiger partial charge in [-0.25, -0.2) is 4.79 Å². The molecule has 5 heteroatoms. The maximum Gasteiger partial charge on any atom is 0.410 e. The van der Waals surface area contributed by atoms with Crippen LogP contribution in [0.5, 0.6) is 0 Å². The molecule has 1 aromatic heterocycles. The van der Waals surface area contributed by atoms with Crippen molar-refractivity contribution in [2.24, 2.45) is 0 Å². The Morgan fingerprint density at radius 3 is 2.36 bits per heavy atom. The van der Waals surface area contributed by atoms with Crippen molar-refractivity contribution in [2.45, 2.75) is 58.9 Å². The fraction of sp³-hybridized carbons (Fsp3) is 0.450. The van der Waals surface area contributed by atoms with Crippen LogP contribution in [0.2, 0.25) is 0 Å². The number of rotatable bonds is 5. The molecule has 0 aliphatic rings. The number of hydrogen-bond acceptors (Lipinski definition) is 4. The topological polar surface area (TPSA) is 62.9 Å². The van der Waals surface area contributed by atoms with Gasteiger partial charge in [0.25, 0.3) is 0 Å². The molecule has 0 aliphatic carbocycles. The van der Waals surface area contributed by atoms with Crippen LogP contribution in [0.25, 0.3) is 0 Å². The van der Waals surface area contributed by atoms with E-state index in [9.17, 15) is 9.90 Å².